The van der Waals surface area contributed by atoms with E-state index in [4.69, 9.17) is 4.74 Å². The number of nitrogens with zero attached hydrogens (tertiary/aromatic N) is 1. The van der Waals surface area contributed by atoms with Crippen molar-refractivity contribution in [1.82, 2.24) is 10.2 Å². The number of carbonyl (C=O) groups is 1. The zero-order valence-electron chi connectivity index (χ0n) is 20.1. The number of carboxylic acid groups (broad SMARTS) is 1. The van der Waals surface area contributed by atoms with Gasteiger partial charge in [0.05, 0.1) is 18.6 Å². The van der Waals surface area contributed by atoms with Crippen molar-refractivity contribution in [2.24, 2.45) is 10.8 Å². The summed E-state index contributed by atoms with van der Waals surface area (Å²) in [7, 11) is 0. The van der Waals surface area contributed by atoms with Gasteiger partial charge in [-0.15, -0.1) is 0 Å². The lowest BCUT2D eigenvalue weighted by Crippen LogP contribution is -2.53. The predicted octanol–water partition coefficient (Wildman–Crippen LogP) is 4.69. The molecule has 3 fully saturated rings. The molecule has 2 atom stereocenters. The normalized spacial score (nSPS) is 25.4. The van der Waals surface area contributed by atoms with Gasteiger partial charge in [0.2, 0.25) is 0 Å². The van der Waals surface area contributed by atoms with E-state index >= 15 is 0 Å². The summed E-state index contributed by atoms with van der Waals surface area (Å²) in [6.07, 6.45) is 6.01. The molecule has 2 saturated carbocycles. The van der Waals surface area contributed by atoms with Crippen molar-refractivity contribution in [3.05, 3.63) is 71.8 Å². The molecule has 1 aliphatic heterocycles. The molecule has 0 unspecified atom stereocenters. The molecule has 0 spiro atoms. The van der Waals surface area contributed by atoms with Crippen LogP contribution in [-0.4, -0.2) is 54.8 Å². The first-order valence-electron chi connectivity index (χ1n) is 12.9. The summed E-state index contributed by atoms with van der Waals surface area (Å²) in [5, 5.41) is 13.6. The Morgan fingerprint density at radius 3 is 2.29 bits per heavy atom. The van der Waals surface area contributed by atoms with Crippen LogP contribution in [0, 0.1) is 10.8 Å². The van der Waals surface area contributed by atoms with E-state index in [2.05, 4.69) is 64.8 Å². The molecule has 1 heterocycles. The van der Waals surface area contributed by atoms with Crippen molar-refractivity contribution in [2.75, 3.05) is 32.8 Å². The molecule has 182 valence electrons. The molecular weight excluding hydrogens is 424 g/mol. The molecule has 2 aromatic carbocycles. The number of hydrogen-bond acceptors (Lipinski definition) is 4. The van der Waals surface area contributed by atoms with Crippen molar-refractivity contribution < 1.29 is 14.6 Å². The van der Waals surface area contributed by atoms with Crippen molar-refractivity contribution in [1.29, 1.82) is 0 Å². The minimum absolute atomic E-state index is 0.102. The summed E-state index contributed by atoms with van der Waals surface area (Å²) in [5.41, 5.74) is 2.25. The van der Waals surface area contributed by atoms with Crippen molar-refractivity contribution in [2.45, 2.75) is 57.1 Å². The van der Waals surface area contributed by atoms with Crippen LogP contribution in [0.4, 0.5) is 0 Å². The largest absolute Gasteiger partial charge is 0.481 e. The fraction of sp³-hybridized carbons (Fsp3) is 0.552. The number of nitrogens with one attached hydrogen (secondary N) is 1. The molecule has 2 N–H and O–H groups in total. The SMILES string of the molecule is O=C(O)C1(CN2CCC(CN[C@@H]3C[C@H]3c3ccccc3)(COCc3ccccc3)CC2)CCC1. The average molecular weight is 463 g/mol. The van der Waals surface area contributed by atoms with E-state index in [0.29, 0.717) is 25.1 Å². The first kappa shape index (κ1) is 23.5. The first-order chi connectivity index (χ1) is 16.6. The van der Waals surface area contributed by atoms with Gasteiger partial charge in [-0.25, -0.2) is 0 Å². The summed E-state index contributed by atoms with van der Waals surface area (Å²) in [6, 6.07) is 21.8. The molecular formula is C29H38N2O3. The second kappa shape index (κ2) is 10.2. The van der Waals surface area contributed by atoms with Crippen LogP contribution in [0.1, 0.15) is 55.6 Å². The molecule has 3 aliphatic rings. The van der Waals surface area contributed by atoms with Crippen LogP contribution >= 0.6 is 0 Å². The standard InChI is InChI=1S/C29H38N2O3/c32-27(33)29(12-7-13-29)21-31-16-14-28(15-17-31,22-34-19-23-8-3-1-4-9-23)20-30-26-18-25(26)24-10-5-2-6-11-24/h1-6,8-11,25-26,30H,7,12-22H2,(H,32,33)/t25-,26+/m0/s1. The van der Waals surface area contributed by atoms with Crippen LogP contribution in [-0.2, 0) is 16.1 Å². The van der Waals surface area contributed by atoms with Gasteiger partial charge < -0.3 is 20.1 Å². The molecule has 0 amide bonds. The highest BCUT2D eigenvalue weighted by Gasteiger charge is 2.47. The van der Waals surface area contributed by atoms with Gasteiger partial charge in [-0.1, -0.05) is 67.1 Å². The fourth-order valence-corrected chi connectivity index (χ4v) is 5.83. The number of carboxylic acids is 1. The van der Waals surface area contributed by atoms with Gasteiger partial charge >= 0.3 is 5.97 Å². The third-order valence-corrected chi connectivity index (χ3v) is 8.48. The van der Waals surface area contributed by atoms with Crippen molar-refractivity contribution >= 4 is 5.97 Å². The Kier molecular flexibility index (Phi) is 7.05. The minimum Gasteiger partial charge on any atom is -0.481 e. The second-order valence-corrected chi connectivity index (χ2v) is 10.9. The molecule has 5 nitrogen and oxygen atoms in total. The van der Waals surface area contributed by atoms with E-state index in [-0.39, 0.29) is 5.41 Å². The van der Waals surface area contributed by atoms with Crippen LogP contribution in [0.2, 0.25) is 0 Å². The van der Waals surface area contributed by atoms with Crippen LogP contribution < -0.4 is 5.32 Å². The Morgan fingerprint density at radius 1 is 1.00 bits per heavy atom. The number of piperidine rings is 1. The van der Waals surface area contributed by atoms with Crippen LogP contribution in [0.25, 0.3) is 0 Å². The van der Waals surface area contributed by atoms with Crippen molar-refractivity contribution in [3.63, 3.8) is 0 Å². The van der Waals surface area contributed by atoms with E-state index < -0.39 is 11.4 Å². The summed E-state index contributed by atoms with van der Waals surface area (Å²) < 4.78 is 6.28. The topological polar surface area (TPSA) is 61.8 Å². The summed E-state index contributed by atoms with van der Waals surface area (Å²) in [5.74, 6) is 0.0155. The van der Waals surface area contributed by atoms with Gasteiger partial charge in [0, 0.05) is 30.5 Å². The average Bonchev–Trinajstić information content (AvgIpc) is 3.62. The maximum atomic E-state index is 11.9. The zero-order chi connectivity index (χ0) is 23.4. The summed E-state index contributed by atoms with van der Waals surface area (Å²) in [4.78, 5) is 14.3. The quantitative estimate of drug-likeness (QED) is 0.507. The third-order valence-electron chi connectivity index (χ3n) is 8.48. The van der Waals surface area contributed by atoms with Gasteiger partial charge in [-0.2, -0.15) is 0 Å². The highest BCUT2D eigenvalue weighted by Crippen LogP contribution is 2.44. The molecule has 2 aliphatic carbocycles. The molecule has 5 heteroatoms. The van der Waals surface area contributed by atoms with E-state index in [9.17, 15) is 9.90 Å². The Bertz CT molecular complexity index is 936. The monoisotopic (exact) mass is 462 g/mol. The van der Waals surface area contributed by atoms with Gasteiger partial charge in [-0.05, 0) is 56.3 Å². The van der Waals surface area contributed by atoms with Crippen LogP contribution in [0.5, 0.6) is 0 Å². The minimum atomic E-state index is -0.607. The number of hydrogen-bond donors (Lipinski definition) is 2. The Hall–Kier alpha value is -2.21. The number of likely N-dealkylation sites (tertiary alicyclic amines) is 1. The van der Waals surface area contributed by atoms with E-state index in [1.807, 2.05) is 6.07 Å². The number of aliphatic carboxylic acids is 1. The van der Waals surface area contributed by atoms with Gasteiger partial charge in [-0.3, -0.25) is 4.79 Å². The maximum absolute atomic E-state index is 11.9. The van der Waals surface area contributed by atoms with Crippen molar-refractivity contribution in [3.8, 4) is 0 Å². The second-order valence-electron chi connectivity index (χ2n) is 10.9. The highest BCUT2D eigenvalue weighted by atomic mass is 16.5. The summed E-state index contributed by atoms with van der Waals surface area (Å²) in [6.45, 7) is 4.97. The molecule has 0 bridgehead atoms. The first-order valence-corrected chi connectivity index (χ1v) is 12.9. The number of rotatable bonds is 11. The van der Waals surface area contributed by atoms with Crippen LogP contribution in [0.15, 0.2) is 60.7 Å². The molecule has 1 saturated heterocycles. The van der Waals surface area contributed by atoms with E-state index in [1.165, 1.54) is 17.5 Å². The number of benzene rings is 2. The number of ether oxygens (including phenoxy) is 1. The molecule has 0 aromatic heterocycles. The van der Waals surface area contributed by atoms with Gasteiger partial charge in [0.1, 0.15) is 0 Å². The molecule has 34 heavy (non-hydrogen) atoms. The maximum Gasteiger partial charge on any atom is 0.310 e. The Balaban J connectivity index is 1.18. The van der Waals surface area contributed by atoms with Crippen LogP contribution in [0.3, 0.4) is 0 Å². The zero-order valence-corrected chi connectivity index (χ0v) is 20.1. The lowest BCUT2D eigenvalue weighted by Gasteiger charge is -2.46. The Labute approximate surface area is 203 Å². The summed E-state index contributed by atoms with van der Waals surface area (Å²) >= 11 is 0. The van der Waals surface area contributed by atoms with E-state index in [1.54, 1.807) is 0 Å². The van der Waals surface area contributed by atoms with Gasteiger partial charge in [0.15, 0.2) is 0 Å². The van der Waals surface area contributed by atoms with Gasteiger partial charge in [0.25, 0.3) is 0 Å². The third kappa shape index (κ3) is 5.37. The lowest BCUT2D eigenvalue weighted by molar-refractivity contribution is -0.157. The fourth-order valence-electron chi connectivity index (χ4n) is 5.83. The predicted molar refractivity (Wildman–Crippen MR) is 134 cm³/mol. The molecule has 2 aromatic rings. The Morgan fingerprint density at radius 2 is 1.68 bits per heavy atom. The lowest BCUT2D eigenvalue weighted by atomic mass is 9.68. The molecule has 0 radical (unpaired) electrons. The highest BCUT2D eigenvalue weighted by molar-refractivity contribution is 5.76. The molecule has 5 rings (SSSR count). The van der Waals surface area contributed by atoms with E-state index in [0.717, 1.165) is 58.3 Å². The smallest absolute Gasteiger partial charge is 0.310 e.